The van der Waals surface area contributed by atoms with Crippen LogP contribution >= 0.6 is 11.8 Å². The number of halogens is 2. The number of hydrogen-bond acceptors (Lipinski definition) is 3. The van der Waals surface area contributed by atoms with Gasteiger partial charge in [-0.15, -0.1) is 0 Å². The fraction of sp³-hybridized carbons (Fsp3) is 0.182. The van der Waals surface area contributed by atoms with Crippen molar-refractivity contribution in [3.63, 3.8) is 0 Å². The molecule has 2 rings (SSSR count). The Labute approximate surface area is 101 Å². The van der Waals surface area contributed by atoms with Gasteiger partial charge in [-0.05, 0) is 24.0 Å². The molecular formula is C11H10F2N2OS. The summed E-state index contributed by atoms with van der Waals surface area (Å²) >= 11 is 1.45. The van der Waals surface area contributed by atoms with E-state index < -0.39 is 17.4 Å². The van der Waals surface area contributed by atoms with Crippen LogP contribution in [0.1, 0.15) is 11.3 Å². The van der Waals surface area contributed by atoms with Crippen LogP contribution in [0.5, 0.6) is 5.75 Å². The van der Waals surface area contributed by atoms with Gasteiger partial charge in [0.25, 0.3) is 0 Å². The quantitative estimate of drug-likeness (QED) is 0.830. The topological polar surface area (TPSA) is 48.9 Å². The number of rotatable bonds is 3. The zero-order valence-corrected chi connectivity index (χ0v) is 9.81. The normalized spacial score (nSPS) is 10.8. The van der Waals surface area contributed by atoms with Gasteiger partial charge < -0.3 is 10.1 Å². The van der Waals surface area contributed by atoms with Crippen molar-refractivity contribution in [3.8, 4) is 5.75 Å². The molecule has 6 heteroatoms. The number of nitrogens with one attached hydrogen (secondary N) is 1. The van der Waals surface area contributed by atoms with Crippen LogP contribution in [-0.4, -0.2) is 21.3 Å². The molecular weight excluding hydrogens is 246 g/mol. The lowest BCUT2D eigenvalue weighted by Crippen LogP contribution is -1.92. The second kappa shape index (κ2) is 4.75. The first kappa shape index (κ1) is 11.9. The summed E-state index contributed by atoms with van der Waals surface area (Å²) < 4.78 is 26.2. The smallest absolute Gasteiger partial charge is 0.187 e. The average Bonchev–Trinajstić information content (AvgIpc) is 2.73. The van der Waals surface area contributed by atoms with Crippen LogP contribution < -0.4 is 0 Å². The van der Waals surface area contributed by atoms with E-state index in [2.05, 4.69) is 9.97 Å². The molecule has 2 N–H and O–H groups in total. The number of benzene rings is 1. The Balaban J connectivity index is 2.24. The zero-order valence-electron chi connectivity index (χ0n) is 9.00. The van der Waals surface area contributed by atoms with E-state index in [9.17, 15) is 8.78 Å². The van der Waals surface area contributed by atoms with Crippen molar-refractivity contribution >= 4 is 11.8 Å². The number of nitrogens with zero attached hydrogens (tertiary/aromatic N) is 1. The van der Waals surface area contributed by atoms with E-state index in [1.165, 1.54) is 11.8 Å². The summed E-state index contributed by atoms with van der Waals surface area (Å²) in [4.78, 5) is 7.07. The molecule has 2 aromatic rings. The van der Waals surface area contributed by atoms with Gasteiger partial charge in [-0.1, -0.05) is 11.8 Å². The highest BCUT2D eigenvalue weighted by molar-refractivity contribution is 7.98. The molecule has 0 saturated carbocycles. The standard InChI is InChI=1S/C11H10F2N2OS/c1-17-11-14-5-7(15-11)2-6-3-8(12)10(16)9(13)4-6/h3-5,16H,2H2,1H3,(H,14,15). The molecule has 1 heterocycles. The maximum Gasteiger partial charge on any atom is 0.187 e. The Morgan fingerprint density at radius 1 is 1.35 bits per heavy atom. The van der Waals surface area contributed by atoms with Crippen molar-refractivity contribution in [3.05, 3.63) is 41.2 Å². The maximum atomic E-state index is 13.1. The summed E-state index contributed by atoms with van der Waals surface area (Å²) in [6.45, 7) is 0. The second-order valence-corrected chi connectivity index (χ2v) is 4.30. The number of thioether (sulfide) groups is 1. The summed E-state index contributed by atoms with van der Waals surface area (Å²) in [6, 6.07) is 2.22. The number of phenols is 1. The monoisotopic (exact) mass is 256 g/mol. The number of phenolic OH excluding ortho intramolecular Hbond substituents is 1. The molecule has 0 aliphatic heterocycles. The fourth-order valence-electron chi connectivity index (χ4n) is 1.47. The Hall–Kier alpha value is -1.56. The molecule has 0 amide bonds. The first-order valence-corrected chi connectivity index (χ1v) is 6.07. The van der Waals surface area contributed by atoms with Crippen LogP contribution in [0.4, 0.5) is 8.78 Å². The Kier molecular flexibility index (Phi) is 3.33. The van der Waals surface area contributed by atoms with E-state index in [0.29, 0.717) is 12.0 Å². The van der Waals surface area contributed by atoms with Crippen molar-refractivity contribution in [2.75, 3.05) is 6.26 Å². The van der Waals surface area contributed by atoms with Gasteiger partial charge in [0.1, 0.15) is 0 Å². The van der Waals surface area contributed by atoms with Gasteiger partial charge in [-0.25, -0.2) is 13.8 Å². The number of hydrogen-bond donors (Lipinski definition) is 2. The third-order valence-corrected chi connectivity index (χ3v) is 2.86. The summed E-state index contributed by atoms with van der Waals surface area (Å²) in [5.41, 5.74) is 1.20. The third kappa shape index (κ3) is 2.58. The van der Waals surface area contributed by atoms with E-state index in [-0.39, 0.29) is 0 Å². The zero-order chi connectivity index (χ0) is 12.4. The molecule has 17 heavy (non-hydrogen) atoms. The minimum Gasteiger partial charge on any atom is -0.503 e. The highest BCUT2D eigenvalue weighted by Crippen LogP contribution is 2.23. The van der Waals surface area contributed by atoms with Crippen molar-refractivity contribution in [1.82, 2.24) is 9.97 Å². The van der Waals surface area contributed by atoms with Gasteiger partial charge >= 0.3 is 0 Å². The van der Waals surface area contributed by atoms with Crippen LogP contribution in [0.2, 0.25) is 0 Å². The van der Waals surface area contributed by atoms with Crippen molar-refractivity contribution in [1.29, 1.82) is 0 Å². The number of aromatic nitrogens is 2. The Morgan fingerprint density at radius 2 is 2.00 bits per heavy atom. The number of aromatic amines is 1. The molecule has 0 aliphatic rings. The molecule has 1 aromatic carbocycles. The summed E-state index contributed by atoms with van der Waals surface area (Å²) in [7, 11) is 0. The number of aromatic hydroxyl groups is 1. The first-order chi connectivity index (χ1) is 8.10. The van der Waals surface area contributed by atoms with Gasteiger partial charge in [0, 0.05) is 18.3 Å². The molecule has 0 fully saturated rings. The van der Waals surface area contributed by atoms with Gasteiger partial charge in [-0.2, -0.15) is 0 Å². The minimum absolute atomic E-state index is 0.335. The number of imidazole rings is 1. The molecule has 0 atom stereocenters. The minimum atomic E-state index is -0.954. The Morgan fingerprint density at radius 3 is 2.53 bits per heavy atom. The molecule has 1 aromatic heterocycles. The fourth-order valence-corrected chi connectivity index (χ4v) is 1.86. The van der Waals surface area contributed by atoms with Crippen LogP contribution in [0, 0.1) is 11.6 Å². The van der Waals surface area contributed by atoms with Gasteiger partial charge in [0.05, 0.1) is 0 Å². The number of H-pyrrole nitrogens is 1. The molecule has 0 radical (unpaired) electrons. The van der Waals surface area contributed by atoms with Crippen molar-refractivity contribution in [2.45, 2.75) is 11.6 Å². The molecule has 0 bridgehead atoms. The highest BCUT2D eigenvalue weighted by atomic mass is 32.2. The molecule has 3 nitrogen and oxygen atoms in total. The van der Waals surface area contributed by atoms with E-state index in [1.807, 2.05) is 6.26 Å². The third-order valence-electron chi connectivity index (χ3n) is 2.27. The van der Waals surface area contributed by atoms with E-state index in [0.717, 1.165) is 23.0 Å². The highest BCUT2D eigenvalue weighted by Gasteiger charge is 2.10. The van der Waals surface area contributed by atoms with E-state index in [1.54, 1.807) is 6.20 Å². The first-order valence-electron chi connectivity index (χ1n) is 4.85. The lowest BCUT2D eigenvalue weighted by molar-refractivity contribution is 0.395. The molecule has 0 aliphatic carbocycles. The maximum absolute atomic E-state index is 13.1. The van der Waals surface area contributed by atoms with Gasteiger partial charge in [-0.3, -0.25) is 0 Å². The average molecular weight is 256 g/mol. The van der Waals surface area contributed by atoms with E-state index in [4.69, 9.17) is 5.11 Å². The molecule has 0 spiro atoms. The van der Waals surface area contributed by atoms with Crippen LogP contribution in [0.15, 0.2) is 23.5 Å². The lowest BCUT2D eigenvalue weighted by Gasteiger charge is -2.02. The largest absolute Gasteiger partial charge is 0.503 e. The van der Waals surface area contributed by atoms with E-state index >= 15 is 0 Å². The van der Waals surface area contributed by atoms with Crippen molar-refractivity contribution in [2.24, 2.45) is 0 Å². The lowest BCUT2D eigenvalue weighted by atomic mass is 10.1. The molecule has 0 unspecified atom stereocenters. The van der Waals surface area contributed by atoms with Gasteiger partial charge in [0.15, 0.2) is 22.5 Å². The predicted molar refractivity (Wildman–Crippen MR) is 61.2 cm³/mol. The summed E-state index contributed by atoms with van der Waals surface area (Å²) in [5, 5.41) is 9.72. The second-order valence-electron chi connectivity index (χ2n) is 3.50. The van der Waals surface area contributed by atoms with Crippen LogP contribution in [0.25, 0.3) is 0 Å². The summed E-state index contributed by atoms with van der Waals surface area (Å²) in [6.07, 6.45) is 3.83. The predicted octanol–water partition coefficient (Wildman–Crippen LogP) is 2.71. The molecule has 90 valence electrons. The van der Waals surface area contributed by atoms with Gasteiger partial charge in [0.2, 0.25) is 0 Å². The van der Waals surface area contributed by atoms with Crippen molar-refractivity contribution < 1.29 is 13.9 Å². The molecule has 0 saturated heterocycles. The van der Waals surface area contributed by atoms with Crippen LogP contribution in [0.3, 0.4) is 0 Å². The Bertz CT molecular complexity index is 519. The van der Waals surface area contributed by atoms with Crippen LogP contribution in [-0.2, 0) is 6.42 Å². The summed E-state index contributed by atoms with van der Waals surface area (Å²) in [5.74, 6) is -2.85. The SMILES string of the molecule is CSc1ncc(Cc2cc(F)c(O)c(F)c2)[nH]1.